The molecule has 0 aliphatic heterocycles. The minimum Gasteiger partial charge on any atom is -0.274 e. The van der Waals surface area contributed by atoms with Crippen LogP contribution in [0.15, 0.2) is 29.2 Å². The van der Waals surface area contributed by atoms with Crippen LogP contribution in [0, 0.1) is 5.92 Å². The number of carbonyl (C=O) groups is 1. The predicted molar refractivity (Wildman–Crippen MR) is 70.6 cm³/mol. The van der Waals surface area contributed by atoms with E-state index in [0.29, 0.717) is 5.92 Å². The van der Waals surface area contributed by atoms with Crippen LogP contribution in [0.2, 0.25) is 0 Å². The summed E-state index contributed by atoms with van der Waals surface area (Å²) in [7, 11) is -3.71. The number of rotatable bonds is 5. The van der Waals surface area contributed by atoms with Crippen LogP contribution in [0.4, 0.5) is 0 Å². The minimum absolute atomic E-state index is 0.117. The van der Waals surface area contributed by atoms with E-state index >= 15 is 0 Å². The van der Waals surface area contributed by atoms with E-state index in [4.69, 9.17) is 0 Å². The smallest absolute Gasteiger partial charge is 0.264 e. The van der Waals surface area contributed by atoms with Gasteiger partial charge in [-0.25, -0.2) is 13.1 Å². The molecule has 0 radical (unpaired) electrons. The minimum atomic E-state index is -3.71. The number of hydrogen-bond donors (Lipinski definition) is 1. The third-order valence-electron chi connectivity index (χ3n) is 2.52. The third-order valence-corrected chi connectivity index (χ3v) is 3.97. The molecule has 5 heteroatoms. The van der Waals surface area contributed by atoms with Crippen molar-refractivity contribution in [1.29, 1.82) is 0 Å². The quantitative estimate of drug-likeness (QED) is 0.890. The van der Waals surface area contributed by atoms with E-state index in [1.807, 2.05) is 4.72 Å². The lowest BCUT2D eigenvalue weighted by Gasteiger charge is -2.07. The lowest BCUT2D eigenvalue weighted by atomic mass is 10.0. The standard InChI is InChI=1S/C13H19NO3S/c1-10(2)4-5-12-6-8-13(9-7-12)18(16,17)14-11(3)15/h6-10H,4-5H2,1-3H3,(H,14,15). The maximum absolute atomic E-state index is 11.7. The van der Waals surface area contributed by atoms with E-state index in [-0.39, 0.29) is 4.90 Å². The van der Waals surface area contributed by atoms with E-state index in [9.17, 15) is 13.2 Å². The number of sulfonamides is 1. The molecule has 1 N–H and O–H groups in total. The zero-order valence-corrected chi connectivity index (χ0v) is 11.8. The first-order valence-electron chi connectivity index (χ1n) is 5.93. The number of benzene rings is 1. The first-order chi connectivity index (χ1) is 8.31. The van der Waals surface area contributed by atoms with Crippen LogP contribution in [0.3, 0.4) is 0 Å². The summed E-state index contributed by atoms with van der Waals surface area (Å²) in [4.78, 5) is 10.9. The van der Waals surface area contributed by atoms with Gasteiger partial charge in [0.15, 0.2) is 0 Å². The highest BCUT2D eigenvalue weighted by molar-refractivity contribution is 7.90. The molecule has 0 bridgehead atoms. The number of amides is 1. The maximum atomic E-state index is 11.7. The van der Waals surface area contributed by atoms with E-state index in [2.05, 4.69) is 13.8 Å². The van der Waals surface area contributed by atoms with Gasteiger partial charge in [-0.05, 0) is 36.5 Å². The summed E-state index contributed by atoms with van der Waals surface area (Å²) in [6, 6.07) is 6.63. The molecule has 0 saturated carbocycles. The Morgan fingerprint density at radius 1 is 1.22 bits per heavy atom. The van der Waals surface area contributed by atoms with Gasteiger partial charge in [0.1, 0.15) is 0 Å². The van der Waals surface area contributed by atoms with Crippen molar-refractivity contribution in [2.75, 3.05) is 0 Å². The Bertz CT molecular complexity index is 504. The molecule has 0 aliphatic rings. The van der Waals surface area contributed by atoms with E-state index < -0.39 is 15.9 Å². The average Bonchev–Trinajstić information content (AvgIpc) is 2.25. The fourth-order valence-corrected chi connectivity index (χ4v) is 2.53. The summed E-state index contributed by atoms with van der Waals surface area (Å²) < 4.78 is 25.3. The van der Waals surface area contributed by atoms with Crippen molar-refractivity contribution >= 4 is 15.9 Å². The fraction of sp³-hybridized carbons (Fsp3) is 0.462. The Balaban J connectivity index is 2.79. The van der Waals surface area contributed by atoms with E-state index in [1.165, 1.54) is 19.1 Å². The SMILES string of the molecule is CC(=O)NS(=O)(=O)c1ccc(CCC(C)C)cc1. The van der Waals surface area contributed by atoms with Crippen molar-refractivity contribution in [2.24, 2.45) is 5.92 Å². The Morgan fingerprint density at radius 2 is 1.78 bits per heavy atom. The lowest BCUT2D eigenvalue weighted by Crippen LogP contribution is -2.28. The molecule has 1 amide bonds. The topological polar surface area (TPSA) is 63.2 Å². The van der Waals surface area contributed by atoms with Gasteiger partial charge in [0.2, 0.25) is 5.91 Å². The molecule has 0 atom stereocenters. The van der Waals surface area contributed by atoms with Gasteiger partial charge in [-0.2, -0.15) is 0 Å². The first kappa shape index (κ1) is 14.7. The van der Waals surface area contributed by atoms with Crippen LogP contribution in [0.25, 0.3) is 0 Å². The summed E-state index contributed by atoms with van der Waals surface area (Å²) in [6.45, 7) is 5.47. The highest BCUT2D eigenvalue weighted by Gasteiger charge is 2.14. The highest BCUT2D eigenvalue weighted by atomic mass is 32.2. The Labute approximate surface area is 108 Å². The van der Waals surface area contributed by atoms with Crippen LogP contribution < -0.4 is 4.72 Å². The zero-order valence-electron chi connectivity index (χ0n) is 10.9. The van der Waals surface area contributed by atoms with Crippen LogP contribution in [-0.4, -0.2) is 14.3 Å². The summed E-state index contributed by atoms with van der Waals surface area (Å²) in [5.74, 6) is 0.0340. The van der Waals surface area contributed by atoms with Crippen molar-refractivity contribution in [1.82, 2.24) is 4.72 Å². The molecule has 1 aromatic carbocycles. The molecule has 0 fully saturated rings. The van der Waals surface area contributed by atoms with Gasteiger partial charge in [-0.1, -0.05) is 26.0 Å². The van der Waals surface area contributed by atoms with Crippen molar-refractivity contribution in [3.63, 3.8) is 0 Å². The van der Waals surface area contributed by atoms with Gasteiger partial charge in [0.05, 0.1) is 4.90 Å². The average molecular weight is 269 g/mol. The van der Waals surface area contributed by atoms with Gasteiger partial charge in [0.25, 0.3) is 10.0 Å². The molecule has 0 saturated heterocycles. The van der Waals surface area contributed by atoms with Crippen molar-refractivity contribution in [2.45, 2.75) is 38.5 Å². The van der Waals surface area contributed by atoms with Crippen LogP contribution in [-0.2, 0) is 21.2 Å². The summed E-state index contributed by atoms with van der Waals surface area (Å²) >= 11 is 0. The molecule has 1 aromatic rings. The Kier molecular flexibility index (Phi) is 4.90. The van der Waals surface area contributed by atoms with Gasteiger partial charge in [-0.3, -0.25) is 4.79 Å². The summed E-state index contributed by atoms with van der Waals surface area (Å²) in [6.07, 6.45) is 2.00. The fourth-order valence-electron chi connectivity index (χ4n) is 1.54. The molecule has 18 heavy (non-hydrogen) atoms. The molecule has 0 spiro atoms. The number of aryl methyl sites for hydroxylation is 1. The third kappa shape index (κ3) is 4.49. The van der Waals surface area contributed by atoms with Crippen LogP contribution in [0.5, 0.6) is 0 Å². The predicted octanol–water partition coefficient (Wildman–Crippen LogP) is 2.10. The molecule has 100 valence electrons. The second-order valence-electron chi connectivity index (χ2n) is 4.74. The number of nitrogens with one attached hydrogen (secondary N) is 1. The molecular formula is C13H19NO3S. The first-order valence-corrected chi connectivity index (χ1v) is 7.42. The second kappa shape index (κ2) is 6.00. The summed E-state index contributed by atoms with van der Waals surface area (Å²) in [5, 5.41) is 0. The molecule has 4 nitrogen and oxygen atoms in total. The maximum Gasteiger partial charge on any atom is 0.264 e. The largest absolute Gasteiger partial charge is 0.274 e. The highest BCUT2D eigenvalue weighted by Crippen LogP contribution is 2.13. The Hall–Kier alpha value is -1.36. The van der Waals surface area contributed by atoms with Crippen LogP contribution >= 0.6 is 0 Å². The van der Waals surface area contributed by atoms with Gasteiger partial charge < -0.3 is 0 Å². The molecule has 1 rings (SSSR count). The monoisotopic (exact) mass is 269 g/mol. The van der Waals surface area contributed by atoms with E-state index in [1.54, 1.807) is 12.1 Å². The normalized spacial score (nSPS) is 11.6. The number of carbonyl (C=O) groups excluding carboxylic acids is 1. The molecular weight excluding hydrogens is 250 g/mol. The van der Waals surface area contributed by atoms with Crippen molar-refractivity contribution in [3.8, 4) is 0 Å². The molecule has 0 unspecified atom stereocenters. The second-order valence-corrected chi connectivity index (χ2v) is 6.42. The van der Waals surface area contributed by atoms with Crippen LogP contribution in [0.1, 0.15) is 32.8 Å². The molecule has 0 aromatic heterocycles. The number of hydrogen-bond acceptors (Lipinski definition) is 3. The molecule has 0 aliphatic carbocycles. The van der Waals surface area contributed by atoms with Gasteiger partial charge in [-0.15, -0.1) is 0 Å². The van der Waals surface area contributed by atoms with Gasteiger partial charge >= 0.3 is 0 Å². The van der Waals surface area contributed by atoms with Gasteiger partial charge in [0, 0.05) is 6.92 Å². The van der Waals surface area contributed by atoms with Crippen molar-refractivity contribution in [3.05, 3.63) is 29.8 Å². The molecule has 0 heterocycles. The van der Waals surface area contributed by atoms with E-state index in [0.717, 1.165) is 18.4 Å². The zero-order chi connectivity index (χ0) is 13.8. The summed E-state index contributed by atoms with van der Waals surface area (Å²) in [5.41, 5.74) is 1.10. The van der Waals surface area contributed by atoms with Crippen molar-refractivity contribution < 1.29 is 13.2 Å². The Morgan fingerprint density at radius 3 is 2.22 bits per heavy atom. The lowest BCUT2D eigenvalue weighted by molar-refractivity contribution is -0.117.